The maximum atomic E-state index is 12.1. The molecule has 0 aliphatic carbocycles. The minimum absolute atomic E-state index is 0.0276. The quantitative estimate of drug-likeness (QED) is 0.901. The first-order valence-corrected chi connectivity index (χ1v) is 6.89. The van der Waals surface area contributed by atoms with Crippen LogP contribution >= 0.6 is 0 Å². The molecular formula is C16H18N2O2. The fraction of sp³-hybridized carbons (Fsp3) is 0.312. The molecule has 1 aliphatic heterocycles. The van der Waals surface area contributed by atoms with Gasteiger partial charge in [-0.2, -0.15) is 0 Å². The monoisotopic (exact) mass is 270 g/mol. The van der Waals surface area contributed by atoms with Crippen LogP contribution in [0.2, 0.25) is 0 Å². The Morgan fingerprint density at radius 1 is 1.35 bits per heavy atom. The molecule has 1 unspecified atom stereocenters. The lowest BCUT2D eigenvalue weighted by atomic mass is 10.1. The van der Waals surface area contributed by atoms with Crippen LogP contribution in [0.1, 0.15) is 12.8 Å². The molecule has 0 spiro atoms. The number of nitrogens with one attached hydrogen (secondary N) is 2. The summed E-state index contributed by atoms with van der Waals surface area (Å²) in [7, 11) is 1.64. The van der Waals surface area contributed by atoms with Gasteiger partial charge in [-0.05, 0) is 30.8 Å². The molecule has 1 fully saturated rings. The zero-order valence-corrected chi connectivity index (χ0v) is 11.5. The van der Waals surface area contributed by atoms with E-state index in [1.54, 1.807) is 7.11 Å². The Balaban J connectivity index is 1.89. The van der Waals surface area contributed by atoms with Crippen LogP contribution < -0.4 is 15.4 Å². The maximum absolute atomic E-state index is 12.1. The summed E-state index contributed by atoms with van der Waals surface area (Å²) >= 11 is 0. The van der Waals surface area contributed by atoms with Gasteiger partial charge in [-0.25, -0.2) is 0 Å². The van der Waals surface area contributed by atoms with Gasteiger partial charge in [0.1, 0.15) is 5.75 Å². The van der Waals surface area contributed by atoms with Gasteiger partial charge in [-0.3, -0.25) is 4.79 Å². The van der Waals surface area contributed by atoms with Crippen LogP contribution in [0, 0.1) is 0 Å². The van der Waals surface area contributed by atoms with Crippen LogP contribution in [0.3, 0.4) is 0 Å². The number of amides is 1. The summed E-state index contributed by atoms with van der Waals surface area (Å²) in [6.07, 6.45) is 1.95. The average Bonchev–Trinajstić information content (AvgIpc) is 3.00. The highest BCUT2D eigenvalue weighted by Gasteiger charge is 2.22. The number of benzene rings is 2. The highest BCUT2D eigenvalue weighted by Crippen LogP contribution is 2.29. The molecule has 1 atom stereocenters. The van der Waals surface area contributed by atoms with Gasteiger partial charge in [0, 0.05) is 17.1 Å². The second kappa shape index (κ2) is 5.51. The summed E-state index contributed by atoms with van der Waals surface area (Å²) in [4.78, 5) is 12.1. The molecule has 0 saturated carbocycles. The standard InChI is InChI=1S/C16H18N2O2/c1-20-15-10-12(9-11-5-2-3-6-13(11)15)18-16(19)14-7-4-8-17-14/h2-3,5-6,9-10,14,17H,4,7-8H2,1H3,(H,18,19). The number of carbonyl (C=O) groups excluding carboxylic acids is 1. The molecule has 4 nitrogen and oxygen atoms in total. The van der Waals surface area contributed by atoms with Crippen molar-refractivity contribution in [3.8, 4) is 5.75 Å². The molecular weight excluding hydrogens is 252 g/mol. The van der Waals surface area contributed by atoms with Crippen molar-refractivity contribution in [1.82, 2.24) is 5.32 Å². The van der Waals surface area contributed by atoms with Crippen molar-refractivity contribution in [2.45, 2.75) is 18.9 Å². The van der Waals surface area contributed by atoms with Gasteiger partial charge in [0.2, 0.25) is 5.91 Å². The fourth-order valence-corrected chi connectivity index (χ4v) is 2.65. The summed E-state index contributed by atoms with van der Waals surface area (Å²) in [5, 5.41) is 8.27. The van der Waals surface area contributed by atoms with Crippen molar-refractivity contribution in [2.24, 2.45) is 0 Å². The molecule has 4 heteroatoms. The summed E-state index contributed by atoms with van der Waals surface area (Å²) < 4.78 is 5.41. The van der Waals surface area contributed by atoms with Crippen LogP contribution in [-0.4, -0.2) is 25.6 Å². The molecule has 1 amide bonds. The van der Waals surface area contributed by atoms with Crippen molar-refractivity contribution in [3.05, 3.63) is 36.4 Å². The lowest BCUT2D eigenvalue weighted by Crippen LogP contribution is -2.35. The second-order valence-corrected chi connectivity index (χ2v) is 5.04. The molecule has 3 rings (SSSR count). The Kier molecular flexibility index (Phi) is 3.56. The predicted molar refractivity (Wildman–Crippen MR) is 80.2 cm³/mol. The first-order valence-electron chi connectivity index (χ1n) is 6.89. The van der Waals surface area contributed by atoms with Crippen LogP contribution in [0.5, 0.6) is 5.75 Å². The van der Waals surface area contributed by atoms with Gasteiger partial charge >= 0.3 is 0 Å². The molecule has 1 saturated heterocycles. The molecule has 0 aromatic heterocycles. The van der Waals surface area contributed by atoms with Gasteiger partial charge in [-0.15, -0.1) is 0 Å². The molecule has 0 radical (unpaired) electrons. The van der Waals surface area contributed by atoms with Crippen LogP contribution in [0.15, 0.2) is 36.4 Å². The third-order valence-electron chi connectivity index (χ3n) is 3.69. The van der Waals surface area contributed by atoms with Crippen molar-refractivity contribution < 1.29 is 9.53 Å². The van der Waals surface area contributed by atoms with Gasteiger partial charge in [-0.1, -0.05) is 24.3 Å². The zero-order valence-electron chi connectivity index (χ0n) is 11.5. The third kappa shape index (κ3) is 2.47. The average molecular weight is 270 g/mol. The summed E-state index contributed by atoms with van der Waals surface area (Å²) in [5.41, 5.74) is 0.777. The highest BCUT2D eigenvalue weighted by atomic mass is 16.5. The minimum atomic E-state index is -0.0764. The molecule has 104 valence electrons. The SMILES string of the molecule is COc1cc(NC(=O)C2CCCN2)cc2ccccc12. The normalized spacial score (nSPS) is 18.1. The fourth-order valence-electron chi connectivity index (χ4n) is 2.65. The molecule has 1 heterocycles. The summed E-state index contributed by atoms with van der Waals surface area (Å²) in [6.45, 7) is 0.916. The molecule has 2 aromatic carbocycles. The molecule has 20 heavy (non-hydrogen) atoms. The zero-order chi connectivity index (χ0) is 13.9. The lowest BCUT2D eigenvalue weighted by molar-refractivity contribution is -0.117. The Hall–Kier alpha value is -2.07. The summed E-state index contributed by atoms with van der Waals surface area (Å²) in [5.74, 6) is 0.803. The maximum Gasteiger partial charge on any atom is 0.241 e. The Bertz CT molecular complexity index is 633. The number of hydrogen-bond acceptors (Lipinski definition) is 3. The molecule has 2 aromatic rings. The highest BCUT2D eigenvalue weighted by molar-refractivity contribution is 5.99. The van der Waals surface area contributed by atoms with Crippen molar-refractivity contribution in [2.75, 3.05) is 19.0 Å². The van der Waals surface area contributed by atoms with Crippen LogP contribution in [0.25, 0.3) is 10.8 Å². The van der Waals surface area contributed by atoms with E-state index in [-0.39, 0.29) is 11.9 Å². The lowest BCUT2D eigenvalue weighted by Gasteiger charge is -2.13. The topological polar surface area (TPSA) is 50.4 Å². The van der Waals surface area contributed by atoms with Crippen molar-refractivity contribution >= 4 is 22.4 Å². The van der Waals surface area contributed by atoms with E-state index in [9.17, 15) is 4.79 Å². The largest absolute Gasteiger partial charge is 0.496 e. The van der Waals surface area contributed by atoms with Crippen LogP contribution in [-0.2, 0) is 4.79 Å². The first-order chi connectivity index (χ1) is 9.78. The van der Waals surface area contributed by atoms with E-state index in [1.807, 2.05) is 36.4 Å². The predicted octanol–water partition coefficient (Wildman–Crippen LogP) is 2.54. The van der Waals surface area contributed by atoms with Crippen LogP contribution in [0.4, 0.5) is 5.69 Å². The van der Waals surface area contributed by atoms with Gasteiger partial charge in [0.25, 0.3) is 0 Å². The van der Waals surface area contributed by atoms with E-state index in [2.05, 4.69) is 10.6 Å². The van der Waals surface area contributed by atoms with E-state index in [4.69, 9.17) is 4.74 Å². The minimum Gasteiger partial charge on any atom is -0.496 e. The Morgan fingerprint density at radius 3 is 2.95 bits per heavy atom. The Labute approximate surface area is 118 Å². The first kappa shape index (κ1) is 12.9. The van der Waals surface area contributed by atoms with E-state index in [0.29, 0.717) is 0 Å². The van der Waals surface area contributed by atoms with Crippen molar-refractivity contribution in [3.63, 3.8) is 0 Å². The van der Waals surface area contributed by atoms with E-state index < -0.39 is 0 Å². The number of ether oxygens (including phenoxy) is 1. The second-order valence-electron chi connectivity index (χ2n) is 5.04. The number of fused-ring (bicyclic) bond motifs is 1. The van der Waals surface area contributed by atoms with Crippen molar-refractivity contribution in [1.29, 1.82) is 0 Å². The number of hydrogen-bond donors (Lipinski definition) is 2. The van der Waals surface area contributed by atoms with E-state index in [1.165, 1.54) is 0 Å². The smallest absolute Gasteiger partial charge is 0.241 e. The number of anilines is 1. The van der Waals surface area contributed by atoms with Gasteiger partial charge < -0.3 is 15.4 Å². The van der Waals surface area contributed by atoms with Gasteiger partial charge in [0.05, 0.1) is 13.2 Å². The number of rotatable bonds is 3. The summed E-state index contributed by atoms with van der Waals surface area (Å²) in [6, 6.07) is 11.8. The molecule has 1 aliphatic rings. The molecule has 0 bridgehead atoms. The van der Waals surface area contributed by atoms with E-state index >= 15 is 0 Å². The Morgan fingerprint density at radius 2 is 2.20 bits per heavy atom. The molecule has 2 N–H and O–H groups in total. The number of methoxy groups -OCH3 is 1. The van der Waals surface area contributed by atoms with Gasteiger partial charge in [0.15, 0.2) is 0 Å². The number of carbonyl (C=O) groups is 1. The van der Waals surface area contributed by atoms with E-state index in [0.717, 1.165) is 41.6 Å². The third-order valence-corrected chi connectivity index (χ3v) is 3.69.